The third-order valence-electron chi connectivity index (χ3n) is 2.28. The number of rotatable bonds is 10. The molecule has 0 spiro atoms. The number of unbranched alkanes of at least 4 members (excludes halogenated alkanes) is 4. The summed E-state index contributed by atoms with van der Waals surface area (Å²) in [6, 6.07) is 0. The van der Waals surface area contributed by atoms with Gasteiger partial charge in [0.25, 0.3) is 0 Å². The van der Waals surface area contributed by atoms with Crippen molar-refractivity contribution in [3.8, 4) is 0 Å². The van der Waals surface area contributed by atoms with E-state index < -0.39 is 0 Å². The lowest BCUT2D eigenvalue weighted by molar-refractivity contribution is 0.665. The molecule has 0 fully saturated rings. The standard InChI is InChI=1S/C12H26S2/c1-4-6-8-10-12(3)14-13-11-9-7-5-2/h12H,4-11H2,1-3H3. The first-order valence-electron chi connectivity index (χ1n) is 6.09. The summed E-state index contributed by atoms with van der Waals surface area (Å²) in [5.41, 5.74) is 0. The molecule has 86 valence electrons. The fourth-order valence-corrected chi connectivity index (χ4v) is 3.85. The first-order valence-corrected chi connectivity index (χ1v) is 8.47. The largest absolute Gasteiger partial charge is 0.0939 e. The van der Waals surface area contributed by atoms with Gasteiger partial charge in [-0.1, -0.05) is 74.5 Å². The second-order valence-corrected chi connectivity index (χ2v) is 6.86. The van der Waals surface area contributed by atoms with E-state index in [0.717, 1.165) is 5.25 Å². The Kier molecular flexibility index (Phi) is 12.4. The third kappa shape index (κ3) is 10.8. The lowest BCUT2D eigenvalue weighted by atomic mass is 10.2. The van der Waals surface area contributed by atoms with Gasteiger partial charge in [-0.2, -0.15) is 0 Å². The highest BCUT2D eigenvalue weighted by atomic mass is 33.1. The molecule has 0 aromatic heterocycles. The molecule has 0 N–H and O–H groups in total. The molecule has 0 rings (SSSR count). The van der Waals surface area contributed by atoms with Gasteiger partial charge in [-0.25, -0.2) is 0 Å². The van der Waals surface area contributed by atoms with Crippen molar-refractivity contribution in [2.75, 3.05) is 5.75 Å². The van der Waals surface area contributed by atoms with E-state index in [0.29, 0.717) is 0 Å². The molecule has 0 amide bonds. The summed E-state index contributed by atoms with van der Waals surface area (Å²) in [4.78, 5) is 0. The molecule has 1 atom stereocenters. The highest BCUT2D eigenvalue weighted by Crippen LogP contribution is 2.30. The van der Waals surface area contributed by atoms with E-state index in [9.17, 15) is 0 Å². The quantitative estimate of drug-likeness (QED) is 0.360. The van der Waals surface area contributed by atoms with Crippen LogP contribution < -0.4 is 0 Å². The van der Waals surface area contributed by atoms with E-state index in [1.54, 1.807) is 0 Å². The summed E-state index contributed by atoms with van der Waals surface area (Å²) in [5, 5.41) is 0.855. The van der Waals surface area contributed by atoms with Crippen LogP contribution in [0.4, 0.5) is 0 Å². The third-order valence-corrected chi connectivity index (χ3v) is 5.33. The van der Waals surface area contributed by atoms with E-state index in [1.807, 2.05) is 0 Å². The van der Waals surface area contributed by atoms with Crippen molar-refractivity contribution in [1.82, 2.24) is 0 Å². The topological polar surface area (TPSA) is 0 Å². The Bertz CT molecular complexity index is 104. The molecule has 0 bridgehead atoms. The molecule has 0 nitrogen and oxygen atoms in total. The van der Waals surface area contributed by atoms with Crippen LogP contribution >= 0.6 is 21.6 Å². The Hall–Kier alpha value is 0.700. The van der Waals surface area contributed by atoms with Crippen LogP contribution in [0.3, 0.4) is 0 Å². The molecule has 14 heavy (non-hydrogen) atoms. The Labute approximate surface area is 98.4 Å². The second-order valence-electron chi connectivity index (χ2n) is 3.93. The summed E-state index contributed by atoms with van der Waals surface area (Å²) in [6.45, 7) is 6.91. The van der Waals surface area contributed by atoms with E-state index >= 15 is 0 Å². The minimum atomic E-state index is 0.855. The first kappa shape index (κ1) is 14.7. The normalized spacial score (nSPS) is 13.1. The zero-order valence-corrected chi connectivity index (χ0v) is 11.7. The van der Waals surface area contributed by atoms with Crippen LogP contribution in [0, 0.1) is 0 Å². The van der Waals surface area contributed by atoms with Crippen molar-refractivity contribution in [1.29, 1.82) is 0 Å². The van der Waals surface area contributed by atoms with Gasteiger partial charge in [-0.3, -0.25) is 0 Å². The van der Waals surface area contributed by atoms with E-state index in [4.69, 9.17) is 0 Å². The Morgan fingerprint density at radius 1 is 0.929 bits per heavy atom. The lowest BCUT2D eigenvalue weighted by Crippen LogP contribution is -1.93. The molecule has 0 aromatic carbocycles. The summed E-state index contributed by atoms with van der Waals surface area (Å²) < 4.78 is 0. The molecule has 0 saturated carbocycles. The van der Waals surface area contributed by atoms with Crippen molar-refractivity contribution in [3.63, 3.8) is 0 Å². The minimum Gasteiger partial charge on any atom is -0.0939 e. The van der Waals surface area contributed by atoms with Crippen molar-refractivity contribution >= 4 is 21.6 Å². The molecule has 1 unspecified atom stereocenters. The van der Waals surface area contributed by atoms with Crippen LogP contribution in [0.5, 0.6) is 0 Å². The molecule has 0 heterocycles. The smallest absolute Gasteiger partial charge is 0.0123 e. The van der Waals surface area contributed by atoms with Gasteiger partial charge in [-0.15, -0.1) is 0 Å². The Balaban J connectivity index is 3.06. The predicted molar refractivity (Wildman–Crippen MR) is 73.2 cm³/mol. The maximum absolute atomic E-state index is 2.37. The van der Waals surface area contributed by atoms with Crippen molar-refractivity contribution in [2.45, 2.75) is 71.0 Å². The van der Waals surface area contributed by atoms with Crippen LogP contribution in [0.15, 0.2) is 0 Å². The van der Waals surface area contributed by atoms with E-state index in [2.05, 4.69) is 42.4 Å². The molecular formula is C12H26S2. The molecule has 0 saturated heterocycles. The van der Waals surface area contributed by atoms with Gasteiger partial charge in [-0.05, 0) is 12.8 Å². The predicted octanol–water partition coefficient (Wildman–Crippen LogP) is 5.53. The molecule has 0 aliphatic heterocycles. The van der Waals surface area contributed by atoms with Gasteiger partial charge in [0.1, 0.15) is 0 Å². The fraction of sp³-hybridized carbons (Fsp3) is 1.00. The maximum Gasteiger partial charge on any atom is 0.0123 e. The minimum absolute atomic E-state index is 0.855. The summed E-state index contributed by atoms with van der Waals surface area (Å²) in [6.07, 6.45) is 9.72. The van der Waals surface area contributed by atoms with Crippen molar-refractivity contribution < 1.29 is 0 Å². The molecule has 2 heteroatoms. The summed E-state index contributed by atoms with van der Waals surface area (Å²) in [5.74, 6) is 1.34. The molecule has 0 aliphatic rings. The highest BCUT2D eigenvalue weighted by Gasteiger charge is 2.02. The van der Waals surface area contributed by atoms with Gasteiger partial charge in [0, 0.05) is 11.0 Å². The Morgan fingerprint density at radius 3 is 2.21 bits per heavy atom. The van der Waals surface area contributed by atoms with Crippen LogP contribution in [0.2, 0.25) is 0 Å². The summed E-state index contributed by atoms with van der Waals surface area (Å²) in [7, 11) is 4.17. The first-order chi connectivity index (χ1) is 6.81. The van der Waals surface area contributed by atoms with Crippen LogP contribution in [0.25, 0.3) is 0 Å². The maximum atomic E-state index is 2.37. The van der Waals surface area contributed by atoms with Gasteiger partial charge >= 0.3 is 0 Å². The van der Waals surface area contributed by atoms with Crippen molar-refractivity contribution in [2.24, 2.45) is 0 Å². The molecule has 0 aliphatic carbocycles. The van der Waals surface area contributed by atoms with Crippen LogP contribution in [0.1, 0.15) is 65.7 Å². The average molecular weight is 234 g/mol. The van der Waals surface area contributed by atoms with Gasteiger partial charge < -0.3 is 0 Å². The molecule has 0 radical (unpaired) electrons. The van der Waals surface area contributed by atoms with Gasteiger partial charge in [0.15, 0.2) is 0 Å². The monoisotopic (exact) mass is 234 g/mol. The molecular weight excluding hydrogens is 208 g/mol. The number of hydrogen-bond acceptors (Lipinski definition) is 2. The lowest BCUT2D eigenvalue weighted by Gasteiger charge is -2.09. The zero-order valence-electron chi connectivity index (χ0n) is 10.1. The zero-order chi connectivity index (χ0) is 10.6. The average Bonchev–Trinajstić information content (AvgIpc) is 2.18. The van der Waals surface area contributed by atoms with E-state index in [1.165, 1.54) is 50.7 Å². The van der Waals surface area contributed by atoms with Crippen molar-refractivity contribution in [3.05, 3.63) is 0 Å². The number of hydrogen-bond donors (Lipinski definition) is 0. The second kappa shape index (κ2) is 11.8. The summed E-state index contributed by atoms with van der Waals surface area (Å²) >= 11 is 0. The SMILES string of the molecule is CCCCCSSC(C)CCCCC. The van der Waals surface area contributed by atoms with Gasteiger partial charge in [0.2, 0.25) is 0 Å². The highest BCUT2D eigenvalue weighted by molar-refractivity contribution is 8.76. The Morgan fingerprint density at radius 2 is 1.57 bits per heavy atom. The van der Waals surface area contributed by atoms with Crippen LogP contribution in [-0.2, 0) is 0 Å². The fourth-order valence-electron chi connectivity index (χ4n) is 1.31. The van der Waals surface area contributed by atoms with E-state index in [-0.39, 0.29) is 0 Å². The van der Waals surface area contributed by atoms with Gasteiger partial charge in [0.05, 0.1) is 0 Å². The molecule has 0 aromatic rings. The van der Waals surface area contributed by atoms with Crippen LogP contribution in [-0.4, -0.2) is 11.0 Å².